The zero-order valence-electron chi connectivity index (χ0n) is 19.0. The molecule has 1 N–H and O–H groups in total. The Hall–Kier alpha value is -3.37. The molecule has 2 aliphatic rings. The summed E-state index contributed by atoms with van der Waals surface area (Å²) in [7, 11) is 0. The summed E-state index contributed by atoms with van der Waals surface area (Å²) in [5.41, 5.74) is -0.997. The molecule has 0 aliphatic carbocycles. The minimum atomic E-state index is -4.57. The number of fused-ring (bicyclic) bond motifs is 1. The highest BCUT2D eigenvalue weighted by Crippen LogP contribution is 2.37. The SMILES string of the molecule is CC1(C)OCC(C2CN(c3ccc4cc(-c5ccccc5C(F)(F)F)[nH]c(=O)c4c3)C(=O)O2)CO1. The van der Waals surface area contributed by atoms with E-state index in [0.29, 0.717) is 24.3 Å². The highest BCUT2D eigenvalue weighted by atomic mass is 19.4. The van der Waals surface area contributed by atoms with Crippen LogP contribution in [0.2, 0.25) is 0 Å². The van der Waals surface area contributed by atoms with Gasteiger partial charge in [-0.1, -0.05) is 24.3 Å². The fraction of sp³-hybridized carbons (Fsp3) is 0.360. The summed E-state index contributed by atoms with van der Waals surface area (Å²) in [6.45, 7) is 4.67. The minimum absolute atomic E-state index is 0.0593. The number of benzene rings is 2. The smallest absolute Gasteiger partial charge is 0.417 e. The number of hydrogen-bond acceptors (Lipinski definition) is 5. The molecule has 2 aromatic carbocycles. The van der Waals surface area contributed by atoms with Crippen LogP contribution in [0, 0.1) is 5.92 Å². The number of alkyl halides is 3. The van der Waals surface area contributed by atoms with Crippen molar-refractivity contribution < 1.29 is 32.2 Å². The Bertz CT molecular complexity index is 1340. The number of H-pyrrole nitrogens is 1. The van der Waals surface area contributed by atoms with Gasteiger partial charge in [0.25, 0.3) is 5.56 Å². The van der Waals surface area contributed by atoms with E-state index in [2.05, 4.69) is 4.98 Å². The van der Waals surface area contributed by atoms with E-state index in [4.69, 9.17) is 14.2 Å². The van der Waals surface area contributed by atoms with Crippen molar-refractivity contribution in [3.8, 4) is 11.3 Å². The number of cyclic esters (lactones) is 1. The second-order valence-electron chi connectivity index (χ2n) is 9.14. The molecule has 0 bridgehead atoms. The third kappa shape index (κ3) is 4.51. The number of pyridine rings is 1. The van der Waals surface area contributed by atoms with Crippen molar-refractivity contribution >= 4 is 22.6 Å². The molecule has 2 aliphatic heterocycles. The molecule has 0 spiro atoms. The number of carbonyl (C=O) groups is 1. The molecule has 1 unspecified atom stereocenters. The van der Waals surface area contributed by atoms with Crippen molar-refractivity contribution in [2.24, 2.45) is 5.92 Å². The van der Waals surface area contributed by atoms with Gasteiger partial charge in [-0.25, -0.2) is 4.79 Å². The normalized spacial score (nSPS) is 20.9. The van der Waals surface area contributed by atoms with E-state index in [0.717, 1.165) is 6.07 Å². The van der Waals surface area contributed by atoms with E-state index >= 15 is 0 Å². The van der Waals surface area contributed by atoms with Gasteiger partial charge in [0.15, 0.2) is 5.79 Å². The van der Waals surface area contributed by atoms with Crippen molar-refractivity contribution in [2.75, 3.05) is 24.7 Å². The molecular formula is C25H23F3N2O5. The number of hydrogen-bond donors (Lipinski definition) is 1. The van der Waals surface area contributed by atoms with Gasteiger partial charge in [-0.3, -0.25) is 9.69 Å². The van der Waals surface area contributed by atoms with E-state index in [9.17, 15) is 22.8 Å². The van der Waals surface area contributed by atoms with Crippen LogP contribution in [0.15, 0.2) is 53.3 Å². The Morgan fingerprint density at radius 1 is 1.03 bits per heavy atom. The Labute approximate surface area is 198 Å². The van der Waals surface area contributed by atoms with E-state index in [1.807, 2.05) is 13.8 Å². The first-order chi connectivity index (χ1) is 16.5. The standard InChI is InChI=1S/C25H23F3N2O5/c1-24(2)33-12-15(13-34-24)21-11-30(23(32)35-21)16-8-7-14-9-20(29-22(31)18(14)10-16)17-5-3-4-6-19(17)25(26,27)28/h3-10,15,21H,11-13H2,1-2H3,(H,29,31). The van der Waals surface area contributed by atoms with Crippen molar-refractivity contribution in [1.29, 1.82) is 0 Å². The third-order valence-corrected chi connectivity index (χ3v) is 6.31. The number of ether oxygens (including phenoxy) is 3. The molecule has 3 aromatic rings. The number of nitrogens with zero attached hydrogens (tertiary/aromatic N) is 1. The van der Waals surface area contributed by atoms with Gasteiger partial charge in [0.1, 0.15) is 6.10 Å². The van der Waals surface area contributed by atoms with Crippen molar-refractivity contribution in [3.05, 3.63) is 64.4 Å². The number of anilines is 1. The summed E-state index contributed by atoms with van der Waals surface area (Å²) in [5.74, 6) is -0.811. The number of aromatic nitrogens is 1. The molecule has 1 atom stereocenters. The number of carbonyl (C=O) groups excluding carboxylic acids is 1. The van der Waals surface area contributed by atoms with Gasteiger partial charge in [0.2, 0.25) is 0 Å². The molecule has 0 saturated carbocycles. The van der Waals surface area contributed by atoms with Crippen LogP contribution >= 0.6 is 0 Å². The maximum atomic E-state index is 13.5. The summed E-state index contributed by atoms with van der Waals surface area (Å²) in [5, 5.41) is 0.697. The summed E-state index contributed by atoms with van der Waals surface area (Å²) in [6, 6.07) is 11.3. The van der Waals surface area contributed by atoms with Crippen LogP contribution in [-0.4, -0.2) is 42.7 Å². The van der Waals surface area contributed by atoms with E-state index in [1.54, 1.807) is 12.1 Å². The van der Waals surface area contributed by atoms with Crippen LogP contribution in [0.1, 0.15) is 19.4 Å². The minimum Gasteiger partial charge on any atom is -0.443 e. The lowest BCUT2D eigenvalue weighted by Crippen LogP contribution is -2.44. The van der Waals surface area contributed by atoms with Crippen LogP contribution in [0.25, 0.3) is 22.0 Å². The molecule has 1 aromatic heterocycles. The zero-order chi connectivity index (χ0) is 25.0. The molecule has 3 heterocycles. The maximum absolute atomic E-state index is 13.5. The van der Waals surface area contributed by atoms with E-state index in [-0.39, 0.29) is 29.1 Å². The predicted octanol–water partition coefficient (Wildman–Crippen LogP) is 4.94. The van der Waals surface area contributed by atoms with Gasteiger partial charge < -0.3 is 19.2 Å². The van der Waals surface area contributed by atoms with Gasteiger partial charge >= 0.3 is 12.3 Å². The maximum Gasteiger partial charge on any atom is 0.417 e. The van der Waals surface area contributed by atoms with Gasteiger partial charge in [0.05, 0.1) is 25.3 Å². The summed E-state index contributed by atoms with van der Waals surface area (Å²) >= 11 is 0. The molecule has 5 rings (SSSR count). The fourth-order valence-electron chi connectivity index (χ4n) is 4.39. The van der Waals surface area contributed by atoms with Crippen molar-refractivity contribution in [1.82, 2.24) is 4.98 Å². The number of halogens is 3. The molecule has 10 heteroatoms. The van der Waals surface area contributed by atoms with Crippen LogP contribution < -0.4 is 10.5 Å². The highest BCUT2D eigenvalue weighted by Gasteiger charge is 2.41. The average Bonchev–Trinajstić information content (AvgIpc) is 3.19. The number of nitrogens with one attached hydrogen (secondary N) is 1. The second kappa shape index (κ2) is 8.39. The average molecular weight is 488 g/mol. The summed E-state index contributed by atoms with van der Waals surface area (Å²) < 4.78 is 57.2. The molecule has 1 amide bonds. The fourth-order valence-corrected chi connectivity index (χ4v) is 4.39. The molecular weight excluding hydrogens is 465 g/mol. The van der Waals surface area contributed by atoms with Gasteiger partial charge in [-0.15, -0.1) is 0 Å². The second-order valence-corrected chi connectivity index (χ2v) is 9.14. The molecule has 2 fully saturated rings. The molecule has 35 heavy (non-hydrogen) atoms. The molecule has 0 radical (unpaired) electrons. The lowest BCUT2D eigenvalue weighted by molar-refractivity contribution is -0.269. The first-order valence-corrected chi connectivity index (χ1v) is 11.1. The van der Waals surface area contributed by atoms with Crippen LogP contribution in [-0.2, 0) is 20.4 Å². The monoisotopic (exact) mass is 488 g/mol. The first-order valence-electron chi connectivity index (χ1n) is 11.1. The highest BCUT2D eigenvalue weighted by molar-refractivity contribution is 5.94. The quantitative estimate of drug-likeness (QED) is 0.565. The number of aromatic amines is 1. The largest absolute Gasteiger partial charge is 0.443 e. The Morgan fingerprint density at radius 3 is 2.46 bits per heavy atom. The third-order valence-electron chi connectivity index (χ3n) is 6.31. The number of amides is 1. The number of rotatable bonds is 3. The van der Waals surface area contributed by atoms with E-state index in [1.165, 1.54) is 35.2 Å². The lowest BCUT2D eigenvalue weighted by atomic mass is 10.0. The van der Waals surface area contributed by atoms with Crippen LogP contribution in [0.5, 0.6) is 0 Å². The van der Waals surface area contributed by atoms with Crippen molar-refractivity contribution in [3.63, 3.8) is 0 Å². The molecule has 7 nitrogen and oxygen atoms in total. The van der Waals surface area contributed by atoms with Crippen molar-refractivity contribution in [2.45, 2.75) is 31.9 Å². The summed E-state index contributed by atoms with van der Waals surface area (Å²) in [6.07, 6.45) is -5.55. The van der Waals surface area contributed by atoms with Gasteiger partial charge in [-0.05, 0) is 43.5 Å². The Morgan fingerprint density at radius 2 is 1.74 bits per heavy atom. The predicted molar refractivity (Wildman–Crippen MR) is 122 cm³/mol. The first kappa shape index (κ1) is 23.4. The molecule has 184 valence electrons. The Kier molecular flexibility index (Phi) is 5.60. The van der Waals surface area contributed by atoms with Gasteiger partial charge in [0, 0.05) is 28.2 Å². The zero-order valence-corrected chi connectivity index (χ0v) is 19.0. The van der Waals surface area contributed by atoms with Crippen LogP contribution in [0.3, 0.4) is 0 Å². The summed E-state index contributed by atoms with van der Waals surface area (Å²) in [4.78, 5) is 29.4. The van der Waals surface area contributed by atoms with Crippen LogP contribution in [0.4, 0.5) is 23.7 Å². The van der Waals surface area contributed by atoms with E-state index < -0.39 is 35.3 Å². The lowest BCUT2D eigenvalue weighted by Gasteiger charge is -2.36. The topological polar surface area (TPSA) is 80.9 Å². The van der Waals surface area contributed by atoms with Gasteiger partial charge in [-0.2, -0.15) is 13.2 Å². The molecule has 2 saturated heterocycles. The Balaban J connectivity index is 1.43.